The van der Waals surface area contributed by atoms with Crippen LogP contribution in [0.25, 0.3) is 10.8 Å². The van der Waals surface area contributed by atoms with Crippen molar-refractivity contribution in [2.24, 2.45) is 0 Å². The normalized spacial score (nSPS) is 10.3. The average Bonchev–Trinajstić information content (AvgIpc) is 2.28. The number of anilines is 1. The zero-order chi connectivity index (χ0) is 11.5. The van der Waals surface area contributed by atoms with E-state index < -0.39 is 0 Å². The van der Waals surface area contributed by atoms with Gasteiger partial charge in [-0.3, -0.25) is 4.98 Å². The molecule has 1 aromatic carbocycles. The van der Waals surface area contributed by atoms with Crippen molar-refractivity contribution in [2.75, 3.05) is 12.3 Å². The SMILES string of the molecule is CCOC(=O)c1cc(N)cc2cnccc12. The molecule has 0 atom stereocenters. The molecule has 1 aromatic heterocycles. The number of nitrogens with zero attached hydrogens (tertiary/aromatic N) is 1. The van der Waals surface area contributed by atoms with Gasteiger partial charge in [0.15, 0.2) is 0 Å². The van der Waals surface area contributed by atoms with E-state index in [4.69, 9.17) is 10.5 Å². The average molecular weight is 216 g/mol. The summed E-state index contributed by atoms with van der Waals surface area (Å²) in [5.74, 6) is -0.356. The van der Waals surface area contributed by atoms with Gasteiger partial charge in [0, 0.05) is 23.5 Å². The van der Waals surface area contributed by atoms with E-state index in [-0.39, 0.29) is 5.97 Å². The maximum Gasteiger partial charge on any atom is 0.338 e. The third kappa shape index (κ3) is 1.82. The second-order valence-electron chi connectivity index (χ2n) is 3.39. The highest BCUT2D eigenvalue weighted by Crippen LogP contribution is 2.22. The Bertz CT molecular complexity index is 538. The van der Waals surface area contributed by atoms with Crippen LogP contribution in [0.2, 0.25) is 0 Å². The number of pyridine rings is 1. The van der Waals surface area contributed by atoms with Crippen LogP contribution in [-0.2, 0) is 4.74 Å². The summed E-state index contributed by atoms with van der Waals surface area (Å²) < 4.78 is 4.98. The molecule has 0 radical (unpaired) electrons. The van der Waals surface area contributed by atoms with E-state index in [9.17, 15) is 4.79 Å². The first-order chi connectivity index (χ1) is 7.72. The molecule has 0 aliphatic carbocycles. The molecule has 16 heavy (non-hydrogen) atoms. The summed E-state index contributed by atoms with van der Waals surface area (Å²) in [7, 11) is 0. The van der Waals surface area contributed by atoms with Crippen LogP contribution in [-0.4, -0.2) is 17.6 Å². The Hall–Kier alpha value is -2.10. The van der Waals surface area contributed by atoms with Crippen LogP contribution in [0.1, 0.15) is 17.3 Å². The Labute approximate surface area is 93.0 Å². The van der Waals surface area contributed by atoms with Gasteiger partial charge in [0.25, 0.3) is 0 Å². The summed E-state index contributed by atoms with van der Waals surface area (Å²) >= 11 is 0. The molecule has 0 saturated heterocycles. The number of nitrogens with two attached hydrogens (primary N) is 1. The molecule has 0 unspecified atom stereocenters. The van der Waals surface area contributed by atoms with E-state index in [1.165, 1.54) is 0 Å². The number of esters is 1. The lowest BCUT2D eigenvalue weighted by molar-refractivity contribution is 0.0529. The highest BCUT2D eigenvalue weighted by molar-refractivity contribution is 6.05. The number of carbonyl (C=O) groups is 1. The molecule has 0 saturated carbocycles. The van der Waals surface area contributed by atoms with E-state index in [1.54, 1.807) is 37.5 Å². The molecule has 82 valence electrons. The Morgan fingerprint density at radius 2 is 2.31 bits per heavy atom. The summed E-state index contributed by atoms with van der Waals surface area (Å²) in [6.45, 7) is 2.12. The molecule has 0 spiro atoms. The predicted octanol–water partition coefficient (Wildman–Crippen LogP) is 1.99. The smallest absolute Gasteiger partial charge is 0.338 e. The monoisotopic (exact) mass is 216 g/mol. The quantitative estimate of drug-likeness (QED) is 0.616. The number of hydrogen-bond donors (Lipinski definition) is 1. The molecule has 4 heteroatoms. The summed E-state index contributed by atoms with van der Waals surface area (Å²) in [6.07, 6.45) is 3.32. The van der Waals surface area contributed by atoms with Gasteiger partial charge < -0.3 is 10.5 Å². The molecule has 2 aromatic rings. The van der Waals surface area contributed by atoms with Crippen LogP contribution >= 0.6 is 0 Å². The molecule has 1 heterocycles. The first-order valence-electron chi connectivity index (χ1n) is 5.02. The highest BCUT2D eigenvalue weighted by atomic mass is 16.5. The van der Waals surface area contributed by atoms with Gasteiger partial charge in [0.05, 0.1) is 12.2 Å². The Morgan fingerprint density at radius 3 is 3.06 bits per heavy atom. The molecular weight excluding hydrogens is 204 g/mol. The third-order valence-electron chi connectivity index (χ3n) is 2.27. The highest BCUT2D eigenvalue weighted by Gasteiger charge is 2.11. The molecular formula is C12H12N2O2. The molecule has 4 nitrogen and oxygen atoms in total. The van der Waals surface area contributed by atoms with Gasteiger partial charge in [-0.25, -0.2) is 4.79 Å². The van der Waals surface area contributed by atoms with Gasteiger partial charge in [0.1, 0.15) is 0 Å². The number of benzene rings is 1. The zero-order valence-electron chi connectivity index (χ0n) is 8.93. The maximum absolute atomic E-state index is 11.7. The van der Waals surface area contributed by atoms with E-state index in [0.717, 1.165) is 10.8 Å². The van der Waals surface area contributed by atoms with Crippen molar-refractivity contribution in [2.45, 2.75) is 6.92 Å². The summed E-state index contributed by atoms with van der Waals surface area (Å²) in [6, 6.07) is 5.19. The van der Waals surface area contributed by atoms with E-state index in [1.807, 2.05) is 0 Å². The van der Waals surface area contributed by atoms with Crippen LogP contribution in [0.3, 0.4) is 0 Å². The topological polar surface area (TPSA) is 65.2 Å². The van der Waals surface area contributed by atoms with Gasteiger partial charge in [0.2, 0.25) is 0 Å². The van der Waals surface area contributed by atoms with Gasteiger partial charge in [-0.1, -0.05) is 0 Å². The van der Waals surface area contributed by atoms with Gasteiger partial charge in [-0.2, -0.15) is 0 Å². The van der Waals surface area contributed by atoms with E-state index in [2.05, 4.69) is 4.98 Å². The number of hydrogen-bond acceptors (Lipinski definition) is 4. The standard InChI is InChI=1S/C12H12N2O2/c1-2-16-12(15)11-6-9(13)5-8-7-14-4-3-10(8)11/h3-7H,2,13H2,1H3. The first kappa shape index (κ1) is 10.4. The van der Waals surface area contributed by atoms with Crippen LogP contribution < -0.4 is 5.73 Å². The lowest BCUT2D eigenvalue weighted by Gasteiger charge is -2.07. The predicted molar refractivity (Wildman–Crippen MR) is 62.1 cm³/mol. The minimum Gasteiger partial charge on any atom is -0.462 e. The van der Waals surface area contributed by atoms with Crippen molar-refractivity contribution in [1.29, 1.82) is 0 Å². The second kappa shape index (κ2) is 4.18. The minimum atomic E-state index is -0.356. The van der Waals surface area contributed by atoms with Crippen molar-refractivity contribution in [3.05, 3.63) is 36.2 Å². The molecule has 2 rings (SSSR count). The fourth-order valence-electron chi connectivity index (χ4n) is 1.61. The van der Waals surface area contributed by atoms with Crippen molar-refractivity contribution in [3.63, 3.8) is 0 Å². The molecule has 2 N–H and O–H groups in total. The van der Waals surface area contributed by atoms with E-state index in [0.29, 0.717) is 17.9 Å². The van der Waals surface area contributed by atoms with Gasteiger partial charge in [-0.05, 0) is 30.5 Å². The van der Waals surface area contributed by atoms with Crippen molar-refractivity contribution >= 4 is 22.4 Å². The lowest BCUT2D eigenvalue weighted by Crippen LogP contribution is -2.06. The first-order valence-corrected chi connectivity index (χ1v) is 5.02. The summed E-state index contributed by atoms with van der Waals surface area (Å²) in [5, 5.41) is 1.65. The fraction of sp³-hybridized carbons (Fsp3) is 0.167. The van der Waals surface area contributed by atoms with Crippen molar-refractivity contribution in [3.8, 4) is 0 Å². The fourth-order valence-corrected chi connectivity index (χ4v) is 1.61. The number of fused-ring (bicyclic) bond motifs is 1. The van der Waals surface area contributed by atoms with Gasteiger partial charge >= 0.3 is 5.97 Å². The van der Waals surface area contributed by atoms with Crippen LogP contribution in [0.5, 0.6) is 0 Å². The maximum atomic E-state index is 11.7. The molecule has 0 amide bonds. The number of rotatable bonds is 2. The molecule has 0 bridgehead atoms. The van der Waals surface area contributed by atoms with Crippen LogP contribution in [0, 0.1) is 0 Å². The Balaban J connectivity index is 2.63. The van der Waals surface area contributed by atoms with Gasteiger partial charge in [-0.15, -0.1) is 0 Å². The molecule has 0 aliphatic rings. The molecule has 0 aliphatic heterocycles. The number of aromatic nitrogens is 1. The second-order valence-corrected chi connectivity index (χ2v) is 3.39. The number of ether oxygens (including phenoxy) is 1. The molecule has 0 fully saturated rings. The largest absolute Gasteiger partial charge is 0.462 e. The Morgan fingerprint density at radius 1 is 1.50 bits per heavy atom. The Kier molecular flexibility index (Phi) is 2.72. The minimum absolute atomic E-state index is 0.347. The number of carbonyl (C=O) groups excluding carboxylic acids is 1. The zero-order valence-corrected chi connectivity index (χ0v) is 8.93. The summed E-state index contributed by atoms with van der Waals surface area (Å²) in [5.41, 5.74) is 6.74. The summed E-state index contributed by atoms with van der Waals surface area (Å²) in [4.78, 5) is 15.7. The third-order valence-corrected chi connectivity index (χ3v) is 2.27. The van der Waals surface area contributed by atoms with Crippen LogP contribution in [0.4, 0.5) is 5.69 Å². The number of nitrogen functional groups attached to an aromatic ring is 1. The van der Waals surface area contributed by atoms with E-state index >= 15 is 0 Å². The van der Waals surface area contributed by atoms with Crippen molar-refractivity contribution < 1.29 is 9.53 Å². The van der Waals surface area contributed by atoms with Crippen molar-refractivity contribution in [1.82, 2.24) is 4.98 Å². The lowest BCUT2D eigenvalue weighted by atomic mass is 10.1. The van der Waals surface area contributed by atoms with Crippen LogP contribution in [0.15, 0.2) is 30.6 Å².